The van der Waals surface area contributed by atoms with Crippen LogP contribution in [0.2, 0.25) is 0 Å². The third-order valence-corrected chi connectivity index (χ3v) is 5.11. The summed E-state index contributed by atoms with van der Waals surface area (Å²) < 4.78 is 0. The number of hydrogen-bond donors (Lipinski definition) is 1. The van der Waals surface area contributed by atoms with E-state index in [4.69, 9.17) is 5.73 Å². The fourth-order valence-corrected chi connectivity index (χ4v) is 3.81. The van der Waals surface area contributed by atoms with Crippen molar-refractivity contribution in [3.63, 3.8) is 0 Å². The Morgan fingerprint density at radius 1 is 1.00 bits per heavy atom. The van der Waals surface area contributed by atoms with E-state index in [1.54, 1.807) is 0 Å². The molecular weight excluding hydrogens is 280 g/mol. The van der Waals surface area contributed by atoms with Gasteiger partial charge in [-0.3, -0.25) is 14.4 Å². The zero-order chi connectivity index (χ0) is 16.3. The highest BCUT2D eigenvalue weighted by Gasteiger charge is 2.36. The van der Waals surface area contributed by atoms with Gasteiger partial charge in [-0.2, -0.15) is 0 Å². The number of likely N-dealkylation sites (tertiary alicyclic amines) is 1. The molecule has 1 aliphatic heterocycles. The van der Waals surface area contributed by atoms with E-state index in [0.29, 0.717) is 13.0 Å². The maximum Gasteiger partial charge on any atom is 0.225 e. The fraction of sp³-hybridized carbons (Fsp3) is 0.824. The zero-order valence-electron chi connectivity index (χ0n) is 13.7. The number of Topliss-reactive ketones (excluding diaryl/α,β-unsaturated/α-hetero) is 1. The lowest BCUT2D eigenvalue weighted by Gasteiger charge is -2.36. The Bertz CT molecular complexity index is 447. The van der Waals surface area contributed by atoms with E-state index in [9.17, 15) is 14.4 Å². The predicted molar refractivity (Wildman–Crippen MR) is 83.8 cm³/mol. The Kier molecular flexibility index (Phi) is 5.59. The van der Waals surface area contributed by atoms with Crippen molar-refractivity contribution in [1.82, 2.24) is 4.90 Å². The summed E-state index contributed by atoms with van der Waals surface area (Å²) >= 11 is 0. The van der Waals surface area contributed by atoms with Crippen molar-refractivity contribution in [3.8, 4) is 0 Å². The smallest absolute Gasteiger partial charge is 0.225 e. The monoisotopic (exact) mass is 308 g/mol. The molecule has 2 aliphatic rings. The molecule has 5 nitrogen and oxygen atoms in total. The van der Waals surface area contributed by atoms with Crippen LogP contribution in [0.15, 0.2) is 0 Å². The van der Waals surface area contributed by atoms with Crippen LogP contribution in [0.4, 0.5) is 0 Å². The molecule has 0 aromatic heterocycles. The number of amides is 2. The van der Waals surface area contributed by atoms with Crippen LogP contribution in [0.5, 0.6) is 0 Å². The minimum absolute atomic E-state index is 0.0252. The molecule has 1 aliphatic carbocycles. The second kappa shape index (κ2) is 7.25. The van der Waals surface area contributed by atoms with Crippen molar-refractivity contribution in [3.05, 3.63) is 0 Å². The maximum atomic E-state index is 12.8. The van der Waals surface area contributed by atoms with E-state index >= 15 is 0 Å². The first-order valence-electron chi connectivity index (χ1n) is 8.52. The molecule has 1 saturated heterocycles. The average Bonchev–Trinajstić information content (AvgIpc) is 2.53. The quantitative estimate of drug-likeness (QED) is 0.859. The van der Waals surface area contributed by atoms with Crippen molar-refractivity contribution in [2.45, 2.75) is 52.4 Å². The van der Waals surface area contributed by atoms with Gasteiger partial charge in [0.1, 0.15) is 5.78 Å². The summed E-state index contributed by atoms with van der Waals surface area (Å²) in [6, 6.07) is 0. The van der Waals surface area contributed by atoms with Crippen LogP contribution in [-0.4, -0.2) is 35.6 Å². The number of carbonyl (C=O) groups excluding carboxylic acids is 3. The van der Waals surface area contributed by atoms with E-state index in [1.165, 1.54) is 0 Å². The fourth-order valence-electron chi connectivity index (χ4n) is 3.81. The predicted octanol–water partition coefficient (Wildman–Crippen LogP) is 1.74. The van der Waals surface area contributed by atoms with Gasteiger partial charge < -0.3 is 10.6 Å². The minimum atomic E-state index is -0.280. The molecule has 0 radical (unpaired) electrons. The molecule has 0 aromatic rings. The van der Waals surface area contributed by atoms with Crippen LogP contribution in [0.25, 0.3) is 0 Å². The van der Waals surface area contributed by atoms with Gasteiger partial charge in [-0.25, -0.2) is 0 Å². The molecule has 1 unspecified atom stereocenters. The molecule has 124 valence electrons. The van der Waals surface area contributed by atoms with Gasteiger partial charge in [-0.15, -0.1) is 0 Å². The van der Waals surface area contributed by atoms with Crippen molar-refractivity contribution in [1.29, 1.82) is 0 Å². The number of rotatable bonds is 4. The summed E-state index contributed by atoms with van der Waals surface area (Å²) in [5, 5.41) is 0. The minimum Gasteiger partial charge on any atom is -0.369 e. The van der Waals surface area contributed by atoms with Crippen molar-refractivity contribution in [2.75, 3.05) is 13.1 Å². The van der Waals surface area contributed by atoms with E-state index in [2.05, 4.69) is 0 Å². The molecule has 2 N–H and O–H groups in total. The van der Waals surface area contributed by atoms with Crippen molar-refractivity contribution < 1.29 is 14.4 Å². The molecular formula is C17H28N2O3. The summed E-state index contributed by atoms with van der Waals surface area (Å²) in [6.07, 6.45) is 4.91. The maximum absolute atomic E-state index is 12.8. The molecule has 2 amide bonds. The van der Waals surface area contributed by atoms with E-state index in [1.807, 2.05) is 18.7 Å². The van der Waals surface area contributed by atoms with Gasteiger partial charge in [0, 0.05) is 36.8 Å². The van der Waals surface area contributed by atoms with Gasteiger partial charge in [-0.05, 0) is 32.1 Å². The van der Waals surface area contributed by atoms with Gasteiger partial charge in [0.15, 0.2) is 0 Å². The van der Waals surface area contributed by atoms with Crippen molar-refractivity contribution in [2.24, 2.45) is 29.4 Å². The van der Waals surface area contributed by atoms with Gasteiger partial charge in [0.25, 0.3) is 0 Å². The van der Waals surface area contributed by atoms with Gasteiger partial charge in [0.2, 0.25) is 11.8 Å². The highest BCUT2D eigenvalue weighted by Crippen LogP contribution is 2.33. The first kappa shape index (κ1) is 17.0. The lowest BCUT2D eigenvalue weighted by molar-refractivity contribution is -0.139. The largest absolute Gasteiger partial charge is 0.369 e. The molecule has 0 bridgehead atoms. The molecule has 2 rings (SSSR count). The Morgan fingerprint density at radius 3 is 2.27 bits per heavy atom. The number of primary amides is 1. The Balaban J connectivity index is 1.96. The summed E-state index contributed by atoms with van der Waals surface area (Å²) in [5.74, 6) is -0.193. The molecule has 1 saturated carbocycles. The highest BCUT2D eigenvalue weighted by molar-refractivity contribution is 5.86. The van der Waals surface area contributed by atoms with Gasteiger partial charge >= 0.3 is 0 Å². The van der Waals surface area contributed by atoms with E-state index < -0.39 is 0 Å². The van der Waals surface area contributed by atoms with Gasteiger partial charge in [0.05, 0.1) is 0 Å². The normalized spacial score (nSPS) is 29.4. The molecule has 22 heavy (non-hydrogen) atoms. The van der Waals surface area contributed by atoms with E-state index in [-0.39, 0.29) is 41.3 Å². The lowest BCUT2D eigenvalue weighted by Crippen LogP contribution is -2.45. The number of nitrogens with two attached hydrogens (primary N) is 1. The van der Waals surface area contributed by atoms with Crippen LogP contribution in [-0.2, 0) is 14.4 Å². The first-order chi connectivity index (χ1) is 10.4. The number of carbonyl (C=O) groups is 3. The summed E-state index contributed by atoms with van der Waals surface area (Å²) in [7, 11) is 0. The SMILES string of the molecule is CC(C)C(=O)N1CCC[C@@H](C(=O)C2CCC[C@@H](C(N)=O)C2)C1. The highest BCUT2D eigenvalue weighted by atomic mass is 16.2. The molecule has 5 heteroatoms. The number of nitrogens with zero attached hydrogens (tertiary/aromatic N) is 1. The summed E-state index contributed by atoms with van der Waals surface area (Å²) in [6.45, 7) is 5.10. The molecule has 0 aromatic carbocycles. The number of piperidine rings is 1. The van der Waals surface area contributed by atoms with Crippen LogP contribution < -0.4 is 5.73 Å². The van der Waals surface area contributed by atoms with Crippen LogP contribution in [0.3, 0.4) is 0 Å². The Labute approximate surface area is 132 Å². The number of ketones is 1. The first-order valence-corrected chi connectivity index (χ1v) is 8.52. The summed E-state index contributed by atoms with van der Waals surface area (Å²) in [4.78, 5) is 38.1. The second-order valence-corrected chi connectivity index (χ2v) is 7.14. The van der Waals surface area contributed by atoms with Crippen LogP contribution in [0.1, 0.15) is 52.4 Å². The third kappa shape index (κ3) is 3.87. The molecule has 1 heterocycles. The van der Waals surface area contributed by atoms with Crippen molar-refractivity contribution >= 4 is 17.6 Å². The summed E-state index contributed by atoms with van der Waals surface area (Å²) in [5.41, 5.74) is 5.40. The average molecular weight is 308 g/mol. The van der Waals surface area contributed by atoms with E-state index in [0.717, 1.165) is 38.6 Å². The molecule has 0 spiro atoms. The van der Waals surface area contributed by atoms with Gasteiger partial charge in [-0.1, -0.05) is 20.3 Å². The molecule has 2 fully saturated rings. The standard InChI is InChI=1S/C17H28N2O3/c1-11(2)17(22)19-8-4-7-14(10-19)15(20)12-5-3-6-13(9-12)16(18)21/h11-14H,3-10H2,1-2H3,(H2,18,21)/t12?,13-,14-/m1/s1. The second-order valence-electron chi connectivity index (χ2n) is 7.14. The van der Waals surface area contributed by atoms with Crippen LogP contribution >= 0.6 is 0 Å². The Hall–Kier alpha value is -1.39. The third-order valence-electron chi connectivity index (χ3n) is 5.11. The zero-order valence-corrected chi connectivity index (χ0v) is 13.7. The molecule has 3 atom stereocenters. The topological polar surface area (TPSA) is 80.5 Å². The number of hydrogen-bond acceptors (Lipinski definition) is 3. The lowest BCUT2D eigenvalue weighted by atomic mass is 9.75. The van der Waals surface area contributed by atoms with Crippen LogP contribution in [0, 0.1) is 23.7 Å². The Morgan fingerprint density at radius 2 is 1.64 bits per heavy atom.